The number of aromatic nitrogens is 2. The van der Waals surface area contributed by atoms with Gasteiger partial charge in [-0.1, -0.05) is 0 Å². The Balaban J connectivity index is 1.69. The van der Waals surface area contributed by atoms with Crippen molar-refractivity contribution in [1.29, 1.82) is 0 Å². The van der Waals surface area contributed by atoms with E-state index in [0.29, 0.717) is 6.04 Å². The Hall–Kier alpha value is -1.40. The summed E-state index contributed by atoms with van der Waals surface area (Å²) in [5.74, 6) is 0.778. The second kappa shape index (κ2) is 3.57. The van der Waals surface area contributed by atoms with E-state index in [1.807, 2.05) is 10.7 Å². The Morgan fingerprint density at radius 1 is 1.62 bits per heavy atom. The highest BCUT2D eigenvalue weighted by Gasteiger charge is 2.40. The van der Waals surface area contributed by atoms with Crippen LogP contribution in [0.4, 0.5) is 5.82 Å². The lowest BCUT2D eigenvalue weighted by Crippen LogP contribution is -2.44. The van der Waals surface area contributed by atoms with Gasteiger partial charge in [0.05, 0.1) is 18.2 Å². The summed E-state index contributed by atoms with van der Waals surface area (Å²) in [6.45, 7) is 1.82. The number of anilines is 1. The Morgan fingerprint density at radius 3 is 2.94 bits per heavy atom. The van der Waals surface area contributed by atoms with Crippen molar-refractivity contribution in [3.8, 4) is 0 Å². The first-order chi connectivity index (χ1) is 7.75. The molecule has 2 heterocycles. The molecule has 1 saturated heterocycles. The normalized spacial score (nSPS) is 28.6. The van der Waals surface area contributed by atoms with E-state index in [9.17, 15) is 4.79 Å². The molecule has 16 heavy (non-hydrogen) atoms. The molecule has 6 nitrogen and oxygen atoms in total. The number of carbonyl (C=O) groups excluding carboxylic acids is 1. The van der Waals surface area contributed by atoms with Crippen LogP contribution in [-0.2, 0) is 4.79 Å². The Bertz CT molecular complexity index is 411. The minimum atomic E-state index is -0.0112. The van der Waals surface area contributed by atoms with Crippen LogP contribution in [0.5, 0.6) is 0 Å². The van der Waals surface area contributed by atoms with Crippen LogP contribution < -0.4 is 16.4 Å². The molecule has 1 aromatic heterocycles. The van der Waals surface area contributed by atoms with Gasteiger partial charge in [-0.05, 0) is 6.42 Å². The van der Waals surface area contributed by atoms with Crippen molar-refractivity contribution in [1.82, 2.24) is 15.1 Å². The molecule has 0 bridgehead atoms. The van der Waals surface area contributed by atoms with Crippen molar-refractivity contribution >= 4 is 11.7 Å². The van der Waals surface area contributed by atoms with Gasteiger partial charge in [0.25, 0.3) is 0 Å². The van der Waals surface area contributed by atoms with E-state index >= 15 is 0 Å². The SMILES string of the molecule is NC1CC1C(=O)Nc1ccnn1C1CNC1. The fourth-order valence-electron chi connectivity index (χ4n) is 1.89. The summed E-state index contributed by atoms with van der Waals surface area (Å²) in [5, 5.41) is 10.3. The van der Waals surface area contributed by atoms with Crippen LogP contribution in [0.2, 0.25) is 0 Å². The van der Waals surface area contributed by atoms with Gasteiger partial charge in [-0.25, -0.2) is 4.68 Å². The van der Waals surface area contributed by atoms with Crippen molar-refractivity contribution in [2.45, 2.75) is 18.5 Å². The van der Waals surface area contributed by atoms with Gasteiger partial charge >= 0.3 is 0 Å². The first-order valence-corrected chi connectivity index (χ1v) is 5.56. The Morgan fingerprint density at radius 2 is 2.38 bits per heavy atom. The molecule has 2 atom stereocenters. The predicted octanol–water partition coefficient (Wildman–Crippen LogP) is -0.687. The van der Waals surface area contributed by atoms with Crippen molar-refractivity contribution in [2.75, 3.05) is 18.4 Å². The summed E-state index contributed by atoms with van der Waals surface area (Å²) in [4.78, 5) is 11.7. The van der Waals surface area contributed by atoms with E-state index in [2.05, 4.69) is 15.7 Å². The maximum absolute atomic E-state index is 11.7. The zero-order chi connectivity index (χ0) is 11.1. The third kappa shape index (κ3) is 1.60. The lowest BCUT2D eigenvalue weighted by molar-refractivity contribution is -0.117. The van der Waals surface area contributed by atoms with E-state index in [4.69, 9.17) is 5.73 Å². The Labute approximate surface area is 93.2 Å². The van der Waals surface area contributed by atoms with E-state index < -0.39 is 0 Å². The van der Waals surface area contributed by atoms with Gasteiger partial charge in [0.15, 0.2) is 0 Å². The molecule has 0 spiro atoms. The quantitative estimate of drug-likeness (QED) is 0.631. The van der Waals surface area contributed by atoms with E-state index in [0.717, 1.165) is 25.3 Å². The minimum absolute atomic E-state index is 0.0112. The molecule has 1 aliphatic heterocycles. The largest absolute Gasteiger partial charge is 0.327 e. The van der Waals surface area contributed by atoms with Gasteiger partial charge in [-0.3, -0.25) is 4.79 Å². The fourth-order valence-corrected chi connectivity index (χ4v) is 1.89. The summed E-state index contributed by atoms with van der Waals surface area (Å²) in [6, 6.07) is 2.23. The molecule has 1 saturated carbocycles. The maximum atomic E-state index is 11.7. The molecule has 2 unspecified atom stereocenters. The lowest BCUT2D eigenvalue weighted by atomic mass is 10.2. The molecule has 6 heteroatoms. The number of rotatable bonds is 3. The number of nitrogens with one attached hydrogen (secondary N) is 2. The lowest BCUT2D eigenvalue weighted by Gasteiger charge is -2.28. The summed E-state index contributed by atoms with van der Waals surface area (Å²) < 4.78 is 1.86. The topological polar surface area (TPSA) is 85.0 Å². The van der Waals surface area contributed by atoms with Crippen LogP contribution >= 0.6 is 0 Å². The standard InChI is InChI=1S/C10H15N5O/c11-8-3-7(8)10(16)14-9-1-2-13-15(9)6-4-12-5-6/h1-2,6-8,12H,3-5,11H2,(H,14,16). The van der Waals surface area contributed by atoms with Crippen molar-refractivity contribution < 1.29 is 4.79 Å². The second-order valence-electron chi connectivity index (χ2n) is 4.47. The molecular weight excluding hydrogens is 206 g/mol. The highest BCUT2D eigenvalue weighted by molar-refractivity contribution is 5.94. The number of hydrogen-bond acceptors (Lipinski definition) is 4. The van der Waals surface area contributed by atoms with E-state index in [1.165, 1.54) is 0 Å². The molecule has 2 aliphatic rings. The van der Waals surface area contributed by atoms with Crippen molar-refractivity contribution in [3.63, 3.8) is 0 Å². The molecule has 2 fully saturated rings. The monoisotopic (exact) mass is 221 g/mol. The number of carbonyl (C=O) groups is 1. The molecule has 1 aliphatic carbocycles. The van der Waals surface area contributed by atoms with Crippen molar-refractivity contribution in [2.24, 2.45) is 11.7 Å². The van der Waals surface area contributed by atoms with Gasteiger partial charge in [0, 0.05) is 25.2 Å². The van der Waals surface area contributed by atoms with Gasteiger partial charge in [0.1, 0.15) is 5.82 Å². The number of amides is 1. The molecule has 86 valence electrons. The molecular formula is C10H15N5O. The average Bonchev–Trinajstić information content (AvgIpc) is 2.74. The number of nitrogens with zero attached hydrogens (tertiary/aromatic N) is 2. The van der Waals surface area contributed by atoms with Gasteiger partial charge in [0.2, 0.25) is 5.91 Å². The molecule has 4 N–H and O–H groups in total. The van der Waals surface area contributed by atoms with Gasteiger partial charge in [-0.2, -0.15) is 5.10 Å². The zero-order valence-corrected chi connectivity index (χ0v) is 8.89. The van der Waals surface area contributed by atoms with Crippen LogP contribution in [0.3, 0.4) is 0 Å². The van der Waals surface area contributed by atoms with Gasteiger partial charge < -0.3 is 16.4 Å². The third-order valence-corrected chi connectivity index (χ3v) is 3.20. The fraction of sp³-hybridized carbons (Fsp3) is 0.600. The first kappa shape index (κ1) is 9.80. The molecule has 1 aromatic rings. The van der Waals surface area contributed by atoms with E-state index in [-0.39, 0.29) is 17.9 Å². The highest BCUT2D eigenvalue weighted by atomic mass is 16.2. The van der Waals surface area contributed by atoms with Crippen LogP contribution in [0.1, 0.15) is 12.5 Å². The molecule has 0 radical (unpaired) electrons. The third-order valence-electron chi connectivity index (χ3n) is 3.20. The summed E-state index contributed by atoms with van der Waals surface area (Å²) in [5.41, 5.74) is 5.64. The van der Waals surface area contributed by atoms with Crippen LogP contribution in [0.25, 0.3) is 0 Å². The summed E-state index contributed by atoms with van der Waals surface area (Å²) >= 11 is 0. The molecule has 1 amide bonds. The average molecular weight is 221 g/mol. The van der Waals surface area contributed by atoms with Gasteiger partial charge in [-0.15, -0.1) is 0 Å². The maximum Gasteiger partial charge on any atom is 0.230 e. The van der Waals surface area contributed by atoms with Crippen molar-refractivity contribution in [3.05, 3.63) is 12.3 Å². The van der Waals surface area contributed by atoms with Crippen LogP contribution in [0, 0.1) is 5.92 Å². The number of hydrogen-bond donors (Lipinski definition) is 3. The number of nitrogens with two attached hydrogens (primary N) is 1. The molecule has 3 rings (SSSR count). The predicted molar refractivity (Wildman–Crippen MR) is 58.8 cm³/mol. The van der Waals surface area contributed by atoms with Crippen LogP contribution in [-0.4, -0.2) is 34.8 Å². The minimum Gasteiger partial charge on any atom is -0.327 e. The molecule has 0 aromatic carbocycles. The van der Waals surface area contributed by atoms with E-state index in [1.54, 1.807) is 6.20 Å². The second-order valence-corrected chi connectivity index (χ2v) is 4.47. The zero-order valence-electron chi connectivity index (χ0n) is 8.89. The summed E-state index contributed by atoms with van der Waals surface area (Å²) in [7, 11) is 0. The first-order valence-electron chi connectivity index (χ1n) is 5.56. The van der Waals surface area contributed by atoms with Crippen LogP contribution in [0.15, 0.2) is 12.3 Å². The Kier molecular flexibility index (Phi) is 2.19. The summed E-state index contributed by atoms with van der Waals surface area (Å²) in [6.07, 6.45) is 2.51. The highest BCUT2D eigenvalue weighted by Crippen LogP contribution is 2.29. The smallest absolute Gasteiger partial charge is 0.230 e.